The van der Waals surface area contributed by atoms with Crippen LogP contribution in [-0.4, -0.2) is 38.3 Å². The molecule has 1 aromatic heterocycles. The molecule has 0 radical (unpaired) electrons. The van der Waals surface area contributed by atoms with E-state index in [0.29, 0.717) is 11.3 Å². The molecule has 1 aromatic carbocycles. The van der Waals surface area contributed by atoms with Crippen molar-refractivity contribution in [2.75, 3.05) is 11.9 Å². The molecule has 1 heterocycles. The van der Waals surface area contributed by atoms with E-state index in [4.69, 9.17) is 16.7 Å². The zero-order chi connectivity index (χ0) is 22.6. The number of ether oxygens (including phenoxy) is 1. The van der Waals surface area contributed by atoms with Crippen LogP contribution in [0.5, 0.6) is 5.75 Å². The van der Waals surface area contributed by atoms with Crippen LogP contribution in [0.2, 0.25) is 5.02 Å². The third-order valence-electron chi connectivity index (χ3n) is 3.51. The van der Waals surface area contributed by atoms with Gasteiger partial charge in [-0.15, -0.1) is 24.5 Å². The Balaban J connectivity index is 2.61. The number of carbonyl (C=O) groups excluding carboxylic acids is 2. The van der Waals surface area contributed by atoms with Gasteiger partial charge in [0.1, 0.15) is 10.8 Å². The molecular weight excluding hydrogens is 473 g/mol. The van der Waals surface area contributed by atoms with Crippen LogP contribution in [0.1, 0.15) is 17.3 Å². The van der Waals surface area contributed by atoms with Crippen molar-refractivity contribution >= 4 is 50.3 Å². The van der Waals surface area contributed by atoms with E-state index in [2.05, 4.69) is 14.4 Å². The van der Waals surface area contributed by atoms with Crippen LogP contribution in [0.3, 0.4) is 0 Å². The Morgan fingerprint density at radius 2 is 2.00 bits per heavy atom. The first-order valence-corrected chi connectivity index (χ1v) is 10.1. The molecule has 0 spiro atoms. The highest BCUT2D eigenvalue weighted by molar-refractivity contribution is 7.62. The average molecular weight is 485 g/mol. The number of benzene rings is 1. The molecule has 14 heteroatoms. The summed E-state index contributed by atoms with van der Waals surface area (Å²) in [5.74, 6) is -3.49. The number of anilines is 1. The maximum Gasteiger partial charge on any atom is 0.573 e. The van der Waals surface area contributed by atoms with Gasteiger partial charge in [0.2, 0.25) is 5.91 Å². The number of nitrogens with one attached hydrogen (secondary N) is 1. The number of hydrogen-bond acceptors (Lipinski definition) is 7. The van der Waals surface area contributed by atoms with Crippen LogP contribution < -0.4 is 10.1 Å². The van der Waals surface area contributed by atoms with Crippen LogP contribution >= 0.6 is 22.9 Å². The average Bonchev–Trinajstić information content (AvgIpc) is 3.02. The van der Waals surface area contributed by atoms with Gasteiger partial charge in [0.15, 0.2) is 0 Å². The molecular formula is C16H12ClF3N2O6S2. The fraction of sp³-hybridized carbons (Fsp3) is 0.250. The van der Waals surface area contributed by atoms with Crippen molar-refractivity contribution in [1.82, 2.24) is 0 Å². The lowest BCUT2D eigenvalue weighted by atomic mass is 10.1. The van der Waals surface area contributed by atoms with E-state index < -0.39 is 47.0 Å². The molecule has 0 saturated heterocycles. The van der Waals surface area contributed by atoms with Gasteiger partial charge in [0, 0.05) is 15.5 Å². The first kappa shape index (κ1) is 23.8. The Kier molecular flexibility index (Phi) is 7.58. The van der Waals surface area contributed by atoms with Gasteiger partial charge in [-0.1, -0.05) is 22.9 Å². The Morgan fingerprint density at radius 3 is 2.57 bits per heavy atom. The van der Waals surface area contributed by atoms with Gasteiger partial charge < -0.3 is 15.2 Å². The van der Waals surface area contributed by atoms with E-state index in [9.17, 15) is 31.2 Å². The number of halogens is 4. The summed E-state index contributed by atoms with van der Waals surface area (Å²) >= 11 is 6.42. The van der Waals surface area contributed by atoms with E-state index in [1.165, 1.54) is 19.1 Å². The van der Waals surface area contributed by atoms with Crippen LogP contribution in [-0.2, 0) is 15.3 Å². The van der Waals surface area contributed by atoms with Crippen molar-refractivity contribution < 1.29 is 41.0 Å². The minimum atomic E-state index is -5.03. The molecule has 0 aliphatic carbocycles. The second-order valence-corrected chi connectivity index (χ2v) is 7.83. The van der Waals surface area contributed by atoms with Crippen molar-refractivity contribution in [3.05, 3.63) is 34.9 Å². The Morgan fingerprint density at radius 1 is 1.33 bits per heavy atom. The van der Waals surface area contributed by atoms with Crippen molar-refractivity contribution in [3.63, 3.8) is 0 Å². The summed E-state index contributed by atoms with van der Waals surface area (Å²) in [5.41, 5.74) is -0.486. The van der Waals surface area contributed by atoms with Crippen LogP contribution in [0.4, 0.5) is 18.2 Å². The third-order valence-corrected chi connectivity index (χ3v) is 5.15. The normalized spacial score (nSPS) is 12.2. The molecule has 0 saturated carbocycles. The summed E-state index contributed by atoms with van der Waals surface area (Å²) in [5, 5.41) is 11.2. The quantitative estimate of drug-likeness (QED) is 0.644. The van der Waals surface area contributed by atoms with Crippen LogP contribution in [0, 0.1) is 5.92 Å². The first-order chi connectivity index (χ1) is 13.9. The molecule has 2 N–H and O–H groups in total. The second-order valence-electron chi connectivity index (χ2n) is 5.73. The standard InChI is InChI=1S/C16H12ClF3N2O6S2/c1-7(6-23)13(24)21-15-10(14(25)22-30(26)27)5-12(29-15)9-3-2-8(17)4-11(9)28-16(18,19)20/h2-5,7,23H,6H2,1H3,(H,21,24). The summed E-state index contributed by atoms with van der Waals surface area (Å²) < 4.78 is 66.5. The highest BCUT2D eigenvalue weighted by Gasteiger charge is 2.33. The molecule has 2 aromatic rings. The topological polar surface area (TPSA) is 122 Å². The summed E-state index contributed by atoms with van der Waals surface area (Å²) in [6.45, 7) is 0.875. The fourth-order valence-corrected chi connectivity index (χ4v) is 3.60. The van der Waals surface area contributed by atoms with Gasteiger partial charge in [0.05, 0.1) is 18.1 Å². The largest absolute Gasteiger partial charge is 0.573 e. The zero-order valence-electron chi connectivity index (χ0n) is 14.9. The lowest BCUT2D eigenvalue weighted by Crippen LogP contribution is -2.23. The number of nitrogens with zero attached hydrogens (tertiary/aromatic N) is 1. The predicted molar refractivity (Wildman–Crippen MR) is 102 cm³/mol. The Hall–Kier alpha value is -2.48. The van der Waals surface area contributed by atoms with Crippen molar-refractivity contribution in [1.29, 1.82) is 0 Å². The Bertz CT molecular complexity index is 1110. The van der Waals surface area contributed by atoms with Crippen molar-refractivity contribution in [2.45, 2.75) is 13.3 Å². The van der Waals surface area contributed by atoms with Gasteiger partial charge in [-0.05, 0) is 24.3 Å². The number of alkyl halides is 3. The minimum Gasteiger partial charge on any atom is -0.405 e. The maximum absolute atomic E-state index is 12.7. The highest BCUT2D eigenvalue weighted by Crippen LogP contribution is 2.42. The summed E-state index contributed by atoms with van der Waals surface area (Å²) in [6.07, 6.45) is -5.03. The molecule has 162 valence electrons. The molecule has 0 bridgehead atoms. The first-order valence-electron chi connectivity index (χ1n) is 7.88. The molecule has 2 amide bonds. The number of aliphatic hydroxyl groups excluding tert-OH is 1. The fourth-order valence-electron chi connectivity index (χ4n) is 2.12. The number of aliphatic hydroxyl groups is 1. The third kappa shape index (κ3) is 6.26. The monoisotopic (exact) mass is 484 g/mol. The minimum absolute atomic E-state index is 0.0353. The van der Waals surface area contributed by atoms with E-state index in [-0.39, 0.29) is 26.0 Å². The molecule has 0 fully saturated rings. The van der Waals surface area contributed by atoms with E-state index in [1.54, 1.807) is 0 Å². The number of hydrogen-bond donors (Lipinski definition) is 2. The van der Waals surface area contributed by atoms with Crippen molar-refractivity contribution in [2.24, 2.45) is 10.3 Å². The second kappa shape index (κ2) is 9.55. The summed E-state index contributed by atoms with van der Waals surface area (Å²) in [6, 6.07) is 4.46. The smallest absolute Gasteiger partial charge is 0.405 e. The molecule has 2 rings (SSSR count). The number of thiophene rings is 1. The Labute approximate surface area is 177 Å². The van der Waals surface area contributed by atoms with Gasteiger partial charge >= 0.3 is 16.9 Å². The molecule has 1 atom stereocenters. The summed E-state index contributed by atoms with van der Waals surface area (Å²) in [7, 11) is -3.10. The van der Waals surface area contributed by atoms with Gasteiger partial charge in [-0.2, -0.15) is 8.42 Å². The van der Waals surface area contributed by atoms with E-state index in [1.807, 2.05) is 0 Å². The number of carbonyl (C=O) groups is 2. The van der Waals surface area contributed by atoms with Gasteiger partial charge in [-0.3, -0.25) is 9.59 Å². The lowest BCUT2D eigenvalue weighted by Gasteiger charge is -2.12. The highest BCUT2D eigenvalue weighted by atomic mass is 35.5. The van der Waals surface area contributed by atoms with Crippen molar-refractivity contribution in [3.8, 4) is 16.2 Å². The van der Waals surface area contributed by atoms with Gasteiger partial charge in [-0.25, -0.2) is 0 Å². The van der Waals surface area contributed by atoms with E-state index >= 15 is 0 Å². The number of rotatable bonds is 6. The SMILES string of the molecule is CC(CO)C(=O)Nc1sc(-c2ccc(Cl)cc2OC(F)(F)F)cc1C(=O)N=S(=O)=O. The number of amides is 2. The van der Waals surface area contributed by atoms with Crippen LogP contribution in [0.15, 0.2) is 28.6 Å². The van der Waals surface area contributed by atoms with Crippen LogP contribution in [0.25, 0.3) is 10.4 Å². The molecule has 8 nitrogen and oxygen atoms in total. The zero-order valence-corrected chi connectivity index (χ0v) is 17.2. The molecule has 0 aliphatic rings. The maximum atomic E-state index is 12.7. The van der Waals surface area contributed by atoms with Gasteiger partial charge in [0.25, 0.3) is 5.91 Å². The molecule has 30 heavy (non-hydrogen) atoms. The van der Waals surface area contributed by atoms with E-state index in [0.717, 1.165) is 12.1 Å². The predicted octanol–water partition coefficient (Wildman–Crippen LogP) is 3.74. The lowest BCUT2D eigenvalue weighted by molar-refractivity contribution is -0.274. The summed E-state index contributed by atoms with van der Waals surface area (Å²) in [4.78, 5) is 24.2. The molecule has 0 aliphatic heterocycles. The molecule has 1 unspecified atom stereocenters.